The van der Waals surface area contributed by atoms with Crippen LogP contribution in [-0.2, 0) is 0 Å². The molecule has 102 valence electrons. The number of benzene rings is 1. The molecular formula is C14H17ClN2O2. The fourth-order valence-electron chi connectivity index (χ4n) is 1.36. The van der Waals surface area contributed by atoms with Gasteiger partial charge in [-0.05, 0) is 39.0 Å². The Morgan fingerprint density at radius 3 is 2.68 bits per heavy atom. The molecule has 5 heteroatoms. The Hall–Kier alpha value is -1.70. The van der Waals surface area contributed by atoms with E-state index in [1.807, 2.05) is 20.8 Å². The van der Waals surface area contributed by atoms with Gasteiger partial charge in [0.05, 0.1) is 5.69 Å². The maximum atomic E-state index is 11.8. The number of urea groups is 1. The number of hydrogen-bond acceptors (Lipinski definition) is 2. The van der Waals surface area contributed by atoms with Crippen molar-refractivity contribution in [2.75, 3.05) is 11.9 Å². The van der Waals surface area contributed by atoms with Gasteiger partial charge in [-0.3, -0.25) is 0 Å². The highest BCUT2D eigenvalue weighted by atomic mass is 35.5. The van der Waals surface area contributed by atoms with E-state index in [9.17, 15) is 4.79 Å². The molecule has 0 atom stereocenters. The molecule has 0 radical (unpaired) electrons. The summed E-state index contributed by atoms with van der Waals surface area (Å²) in [5, 5.41) is 14.7. The average molecular weight is 281 g/mol. The Bertz CT molecular complexity index is 524. The second kappa shape index (κ2) is 6.46. The summed E-state index contributed by atoms with van der Waals surface area (Å²) in [5.41, 5.74) is 0.783. The minimum absolute atomic E-state index is 0.250. The molecule has 0 aliphatic carbocycles. The zero-order valence-corrected chi connectivity index (χ0v) is 11.9. The van der Waals surface area contributed by atoms with Gasteiger partial charge in [0.15, 0.2) is 0 Å². The summed E-state index contributed by atoms with van der Waals surface area (Å²) in [7, 11) is 0. The van der Waals surface area contributed by atoms with E-state index in [1.54, 1.807) is 18.2 Å². The summed E-state index contributed by atoms with van der Waals surface area (Å²) in [6, 6.07) is 4.66. The molecule has 1 aromatic rings. The van der Waals surface area contributed by atoms with Crippen LogP contribution in [0.5, 0.6) is 0 Å². The van der Waals surface area contributed by atoms with Crippen LogP contribution in [0.2, 0.25) is 5.02 Å². The standard InChI is InChI=1S/C14H17ClN2O2/c1-14(2,3)17-13(19)16-12-7-6-11(15)9-10(12)5-4-8-18/h6-7,9,18H,8H2,1-3H3,(H2,16,17,19). The minimum atomic E-state index is -0.326. The topological polar surface area (TPSA) is 61.4 Å². The summed E-state index contributed by atoms with van der Waals surface area (Å²) in [5.74, 6) is 5.27. The third-order valence-corrected chi connectivity index (χ3v) is 2.26. The van der Waals surface area contributed by atoms with Crippen molar-refractivity contribution in [1.82, 2.24) is 5.32 Å². The molecule has 0 aliphatic heterocycles. The average Bonchev–Trinajstić information content (AvgIpc) is 2.27. The highest BCUT2D eigenvalue weighted by Gasteiger charge is 2.14. The molecule has 0 spiro atoms. The number of rotatable bonds is 1. The molecule has 0 bridgehead atoms. The number of nitrogens with one attached hydrogen (secondary N) is 2. The summed E-state index contributed by atoms with van der Waals surface area (Å²) < 4.78 is 0. The molecule has 0 unspecified atom stereocenters. The quantitative estimate of drug-likeness (QED) is 0.693. The number of amides is 2. The van der Waals surface area contributed by atoms with Crippen LogP contribution in [-0.4, -0.2) is 23.3 Å². The Morgan fingerprint density at radius 2 is 2.11 bits per heavy atom. The van der Waals surface area contributed by atoms with Gasteiger partial charge in [0, 0.05) is 16.1 Å². The smallest absolute Gasteiger partial charge is 0.319 e. The van der Waals surface area contributed by atoms with E-state index in [-0.39, 0.29) is 18.2 Å². The molecule has 3 N–H and O–H groups in total. The van der Waals surface area contributed by atoms with Crippen molar-refractivity contribution in [2.24, 2.45) is 0 Å². The molecule has 2 amide bonds. The Labute approximate surface area is 118 Å². The van der Waals surface area contributed by atoms with E-state index in [4.69, 9.17) is 16.7 Å². The molecule has 19 heavy (non-hydrogen) atoms. The lowest BCUT2D eigenvalue weighted by Gasteiger charge is -2.21. The second-order valence-corrected chi connectivity index (χ2v) is 5.42. The minimum Gasteiger partial charge on any atom is -0.384 e. The SMILES string of the molecule is CC(C)(C)NC(=O)Nc1ccc(Cl)cc1C#CCO. The van der Waals surface area contributed by atoms with Crippen LogP contribution in [0.25, 0.3) is 0 Å². The highest BCUT2D eigenvalue weighted by molar-refractivity contribution is 6.30. The third kappa shape index (κ3) is 5.64. The summed E-state index contributed by atoms with van der Waals surface area (Å²) in [6.45, 7) is 5.42. The first-order valence-corrected chi connectivity index (χ1v) is 6.18. The van der Waals surface area contributed by atoms with Crippen LogP contribution in [0.3, 0.4) is 0 Å². The van der Waals surface area contributed by atoms with Gasteiger partial charge in [-0.2, -0.15) is 0 Å². The van der Waals surface area contributed by atoms with Crippen LogP contribution in [0.1, 0.15) is 26.3 Å². The lowest BCUT2D eigenvalue weighted by molar-refractivity contribution is 0.244. The van der Waals surface area contributed by atoms with E-state index in [1.165, 1.54) is 0 Å². The summed E-state index contributed by atoms with van der Waals surface area (Å²) in [4.78, 5) is 11.8. The van der Waals surface area contributed by atoms with Crippen molar-refractivity contribution < 1.29 is 9.90 Å². The van der Waals surface area contributed by atoms with Crippen molar-refractivity contribution in [3.05, 3.63) is 28.8 Å². The second-order valence-electron chi connectivity index (χ2n) is 4.98. The van der Waals surface area contributed by atoms with Gasteiger partial charge in [-0.15, -0.1) is 0 Å². The summed E-state index contributed by atoms with van der Waals surface area (Å²) >= 11 is 5.88. The van der Waals surface area contributed by atoms with Gasteiger partial charge < -0.3 is 15.7 Å². The molecule has 0 aromatic heterocycles. The predicted molar refractivity (Wildman–Crippen MR) is 77.3 cm³/mol. The van der Waals surface area contributed by atoms with Crippen LogP contribution >= 0.6 is 11.6 Å². The normalized spacial score (nSPS) is 10.4. The molecular weight excluding hydrogens is 264 g/mol. The Morgan fingerprint density at radius 1 is 1.42 bits per heavy atom. The molecule has 0 aliphatic rings. The van der Waals surface area contributed by atoms with Gasteiger partial charge in [-0.25, -0.2) is 4.79 Å². The van der Waals surface area contributed by atoms with Crippen molar-refractivity contribution in [3.63, 3.8) is 0 Å². The lowest BCUT2D eigenvalue weighted by atomic mass is 10.1. The first-order chi connectivity index (χ1) is 8.81. The number of aliphatic hydroxyl groups is 1. The van der Waals surface area contributed by atoms with Crippen molar-refractivity contribution >= 4 is 23.3 Å². The molecule has 1 aromatic carbocycles. The monoisotopic (exact) mass is 280 g/mol. The van der Waals surface area contributed by atoms with Crippen molar-refractivity contribution in [3.8, 4) is 11.8 Å². The van der Waals surface area contributed by atoms with E-state index >= 15 is 0 Å². The van der Waals surface area contributed by atoms with Crippen molar-refractivity contribution in [1.29, 1.82) is 0 Å². The summed E-state index contributed by atoms with van der Waals surface area (Å²) in [6.07, 6.45) is 0. The molecule has 0 saturated carbocycles. The van der Waals surface area contributed by atoms with Crippen LogP contribution < -0.4 is 10.6 Å². The van der Waals surface area contributed by atoms with E-state index in [0.29, 0.717) is 16.3 Å². The number of aliphatic hydroxyl groups excluding tert-OH is 1. The zero-order chi connectivity index (χ0) is 14.5. The molecule has 0 saturated heterocycles. The van der Waals surface area contributed by atoms with Crippen LogP contribution in [0.15, 0.2) is 18.2 Å². The first-order valence-electron chi connectivity index (χ1n) is 5.80. The molecule has 0 heterocycles. The molecule has 0 fully saturated rings. The van der Waals surface area contributed by atoms with Gasteiger partial charge >= 0.3 is 6.03 Å². The lowest BCUT2D eigenvalue weighted by Crippen LogP contribution is -2.43. The fourth-order valence-corrected chi connectivity index (χ4v) is 1.53. The Balaban J connectivity index is 2.91. The Kier molecular flexibility index (Phi) is 5.22. The maximum Gasteiger partial charge on any atom is 0.319 e. The van der Waals surface area contributed by atoms with Gasteiger partial charge in [0.1, 0.15) is 6.61 Å². The van der Waals surface area contributed by atoms with Crippen molar-refractivity contribution in [2.45, 2.75) is 26.3 Å². The van der Waals surface area contributed by atoms with Gasteiger partial charge in [0.25, 0.3) is 0 Å². The number of hydrogen-bond donors (Lipinski definition) is 3. The largest absolute Gasteiger partial charge is 0.384 e. The van der Waals surface area contributed by atoms with Gasteiger partial charge in [-0.1, -0.05) is 23.4 Å². The maximum absolute atomic E-state index is 11.8. The third-order valence-electron chi connectivity index (χ3n) is 2.02. The number of halogens is 1. The van der Waals surface area contributed by atoms with Crippen LogP contribution in [0.4, 0.5) is 10.5 Å². The predicted octanol–water partition coefficient (Wildman–Crippen LogP) is 2.60. The number of carbonyl (C=O) groups excluding carboxylic acids is 1. The van der Waals surface area contributed by atoms with Crippen LogP contribution in [0, 0.1) is 11.8 Å². The molecule has 1 rings (SSSR count). The fraction of sp³-hybridized carbons (Fsp3) is 0.357. The van der Waals surface area contributed by atoms with E-state index in [0.717, 1.165) is 0 Å². The molecule has 4 nitrogen and oxygen atoms in total. The van der Waals surface area contributed by atoms with E-state index < -0.39 is 0 Å². The first kappa shape index (κ1) is 15.4. The van der Waals surface area contributed by atoms with Gasteiger partial charge in [0.2, 0.25) is 0 Å². The zero-order valence-electron chi connectivity index (χ0n) is 11.2. The number of anilines is 1. The highest BCUT2D eigenvalue weighted by Crippen LogP contribution is 2.20. The van der Waals surface area contributed by atoms with E-state index in [2.05, 4.69) is 22.5 Å². The number of carbonyl (C=O) groups is 1.